The summed E-state index contributed by atoms with van der Waals surface area (Å²) in [6.07, 6.45) is 0.700. The van der Waals surface area contributed by atoms with Crippen LogP contribution < -0.4 is 11.1 Å². The van der Waals surface area contributed by atoms with Crippen molar-refractivity contribution in [1.29, 1.82) is 0 Å². The van der Waals surface area contributed by atoms with E-state index in [2.05, 4.69) is 5.32 Å². The number of nitrogen functional groups attached to an aromatic ring is 1. The highest BCUT2D eigenvalue weighted by Crippen LogP contribution is 2.22. The van der Waals surface area contributed by atoms with Gasteiger partial charge in [-0.05, 0) is 30.4 Å². The molecule has 0 spiro atoms. The van der Waals surface area contributed by atoms with E-state index in [-0.39, 0.29) is 12.5 Å². The fraction of sp³-hybridized carbons (Fsp3) is 0.364. The Bertz CT molecular complexity index is 388. The molecule has 0 aliphatic heterocycles. The lowest BCUT2D eigenvalue weighted by Crippen LogP contribution is -2.14. The average molecular weight is 275 g/mol. The third-order valence-corrected chi connectivity index (χ3v) is 3.35. The molecule has 0 atom stereocenters. The summed E-state index contributed by atoms with van der Waals surface area (Å²) in [4.78, 5) is 11.5. The molecule has 0 bridgehead atoms. The minimum atomic E-state index is -0.0883. The van der Waals surface area contributed by atoms with E-state index in [0.717, 1.165) is 5.75 Å². The number of aliphatic hydroxyl groups excluding tert-OH is 1. The van der Waals surface area contributed by atoms with E-state index in [1.807, 2.05) is 0 Å². The van der Waals surface area contributed by atoms with Gasteiger partial charge in [0.05, 0.1) is 16.5 Å². The lowest BCUT2D eigenvalue weighted by Gasteiger charge is -2.06. The first-order valence-corrected chi connectivity index (χ1v) is 6.70. The second-order valence-corrected chi connectivity index (χ2v) is 4.93. The number of nitrogens with one attached hydrogen (secondary N) is 1. The summed E-state index contributed by atoms with van der Waals surface area (Å²) >= 11 is 7.25. The molecule has 0 saturated heterocycles. The highest BCUT2D eigenvalue weighted by molar-refractivity contribution is 7.99. The number of rotatable bonds is 6. The zero-order valence-corrected chi connectivity index (χ0v) is 10.9. The Labute approximate surface area is 110 Å². The highest BCUT2D eigenvalue weighted by atomic mass is 35.5. The molecule has 0 aliphatic rings. The van der Waals surface area contributed by atoms with E-state index in [1.165, 1.54) is 11.8 Å². The van der Waals surface area contributed by atoms with Gasteiger partial charge in [0.2, 0.25) is 5.91 Å². The molecule has 0 aliphatic carbocycles. The van der Waals surface area contributed by atoms with Crippen LogP contribution in [0.1, 0.15) is 6.42 Å². The van der Waals surface area contributed by atoms with Crippen LogP contribution in [-0.4, -0.2) is 29.1 Å². The number of anilines is 2. The van der Waals surface area contributed by atoms with E-state index in [4.69, 9.17) is 22.4 Å². The van der Waals surface area contributed by atoms with E-state index in [9.17, 15) is 4.79 Å². The van der Waals surface area contributed by atoms with Crippen LogP contribution in [0.15, 0.2) is 18.2 Å². The Balaban J connectivity index is 2.37. The largest absolute Gasteiger partial charge is 0.397 e. The van der Waals surface area contributed by atoms with Crippen molar-refractivity contribution in [3.05, 3.63) is 23.2 Å². The summed E-state index contributed by atoms with van der Waals surface area (Å²) in [5.41, 5.74) is 6.70. The van der Waals surface area contributed by atoms with Gasteiger partial charge in [0.1, 0.15) is 0 Å². The number of aliphatic hydroxyl groups is 1. The fourth-order valence-electron chi connectivity index (χ4n) is 1.15. The Morgan fingerprint density at radius 2 is 2.29 bits per heavy atom. The molecular formula is C11H15ClN2O2S. The third-order valence-electron chi connectivity index (χ3n) is 1.96. The van der Waals surface area contributed by atoms with Crippen LogP contribution in [0, 0.1) is 0 Å². The van der Waals surface area contributed by atoms with Crippen molar-refractivity contribution in [1.82, 2.24) is 0 Å². The smallest absolute Gasteiger partial charge is 0.234 e. The number of hydrogen-bond donors (Lipinski definition) is 3. The maximum Gasteiger partial charge on any atom is 0.234 e. The Morgan fingerprint density at radius 1 is 1.53 bits per heavy atom. The number of halogens is 1. The molecule has 1 aromatic carbocycles. The quantitative estimate of drug-likeness (QED) is 0.548. The minimum Gasteiger partial charge on any atom is -0.397 e. The topological polar surface area (TPSA) is 75.3 Å². The predicted molar refractivity (Wildman–Crippen MR) is 73.5 cm³/mol. The van der Waals surface area contributed by atoms with E-state index >= 15 is 0 Å². The predicted octanol–water partition coefficient (Wildman–Crippen LogP) is 1.98. The first-order chi connectivity index (χ1) is 8.13. The number of benzene rings is 1. The molecule has 94 valence electrons. The SMILES string of the molecule is Nc1cc(NC(=O)CSCCCO)ccc1Cl. The summed E-state index contributed by atoms with van der Waals surface area (Å²) in [6.45, 7) is 0.155. The molecule has 6 heteroatoms. The Kier molecular flexibility index (Phi) is 6.18. The Hall–Kier alpha value is -0.910. The summed E-state index contributed by atoms with van der Waals surface area (Å²) in [7, 11) is 0. The summed E-state index contributed by atoms with van der Waals surface area (Å²) in [5.74, 6) is 1.05. The van der Waals surface area contributed by atoms with Gasteiger partial charge in [0.15, 0.2) is 0 Å². The molecule has 0 unspecified atom stereocenters. The van der Waals surface area contributed by atoms with Crippen molar-refractivity contribution in [3.8, 4) is 0 Å². The van der Waals surface area contributed by atoms with Crippen LogP contribution in [0.25, 0.3) is 0 Å². The normalized spacial score (nSPS) is 10.2. The second-order valence-electron chi connectivity index (χ2n) is 3.41. The molecule has 17 heavy (non-hydrogen) atoms. The average Bonchev–Trinajstić information content (AvgIpc) is 2.30. The van der Waals surface area contributed by atoms with Crippen LogP contribution in [0.4, 0.5) is 11.4 Å². The van der Waals surface area contributed by atoms with E-state index in [0.29, 0.717) is 28.6 Å². The monoisotopic (exact) mass is 274 g/mol. The first kappa shape index (κ1) is 14.2. The van der Waals surface area contributed by atoms with Gasteiger partial charge in [0.25, 0.3) is 0 Å². The Morgan fingerprint density at radius 3 is 2.94 bits per heavy atom. The minimum absolute atomic E-state index is 0.0883. The maximum absolute atomic E-state index is 11.5. The van der Waals surface area contributed by atoms with Gasteiger partial charge in [-0.15, -0.1) is 0 Å². The number of carbonyl (C=O) groups is 1. The molecular weight excluding hydrogens is 260 g/mol. The molecule has 0 saturated carbocycles. The lowest BCUT2D eigenvalue weighted by atomic mass is 10.3. The molecule has 0 heterocycles. The molecule has 0 radical (unpaired) electrons. The number of amides is 1. The van der Waals surface area contributed by atoms with Gasteiger partial charge in [-0.2, -0.15) is 11.8 Å². The number of thioether (sulfide) groups is 1. The van der Waals surface area contributed by atoms with Gasteiger partial charge in [0, 0.05) is 12.3 Å². The van der Waals surface area contributed by atoms with E-state index in [1.54, 1.807) is 18.2 Å². The molecule has 1 rings (SSSR count). The first-order valence-electron chi connectivity index (χ1n) is 5.17. The summed E-state index contributed by atoms with van der Waals surface area (Å²) in [5, 5.41) is 11.8. The van der Waals surface area contributed by atoms with Crippen LogP contribution in [0.2, 0.25) is 5.02 Å². The number of carbonyl (C=O) groups excluding carboxylic acids is 1. The molecule has 0 aromatic heterocycles. The van der Waals surface area contributed by atoms with Crippen molar-refractivity contribution in [3.63, 3.8) is 0 Å². The lowest BCUT2D eigenvalue weighted by molar-refractivity contribution is -0.113. The van der Waals surface area contributed by atoms with Gasteiger partial charge < -0.3 is 16.2 Å². The molecule has 1 amide bonds. The van der Waals surface area contributed by atoms with Crippen molar-refractivity contribution < 1.29 is 9.90 Å². The molecule has 0 fully saturated rings. The van der Waals surface area contributed by atoms with Crippen molar-refractivity contribution in [2.75, 3.05) is 29.2 Å². The van der Waals surface area contributed by atoms with Gasteiger partial charge >= 0.3 is 0 Å². The van der Waals surface area contributed by atoms with Crippen molar-refractivity contribution in [2.24, 2.45) is 0 Å². The third kappa shape index (κ3) is 5.30. The molecule has 1 aromatic rings. The highest BCUT2D eigenvalue weighted by Gasteiger charge is 2.04. The van der Waals surface area contributed by atoms with Crippen LogP contribution in [-0.2, 0) is 4.79 Å². The fourth-order valence-corrected chi connectivity index (χ4v) is 2.00. The van der Waals surface area contributed by atoms with E-state index < -0.39 is 0 Å². The van der Waals surface area contributed by atoms with Crippen LogP contribution >= 0.6 is 23.4 Å². The second kappa shape index (κ2) is 7.42. The molecule has 4 N–H and O–H groups in total. The zero-order chi connectivity index (χ0) is 12.7. The van der Waals surface area contributed by atoms with Crippen molar-refractivity contribution in [2.45, 2.75) is 6.42 Å². The standard InChI is InChI=1S/C11H15ClN2O2S/c12-9-3-2-8(6-10(9)13)14-11(16)7-17-5-1-4-15/h2-3,6,15H,1,4-5,7,13H2,(H,14,16). The van der Waals surface area contributed by atoms with Gasteiger partial charge in [-0.1, -0.05) is 11.6 Å². The zero-order valence-electron chi connectivity index (χ0n) is 9.28. The maximum atomic E-state index is 11.5. The van der Waals surface area contributed by atoms with Crippen molar-refractivity contribution >= 4 is 40.6 Å². The van der Waals surface area contributed by atoms with Gasteiger partial charge in [-0.3, -0.25) is 4.79 Å². The number of hydrogen-bond acceptors (Lipinski definition) is 4. The molecule has 4 nitrogen and oxygen atoms in total. The number of nitrogens with two attached hydrogens (primary N) is 1. The summed E-state index contributed by atoms with van der Waals surface area (Å²) in [6, 6.07) is 4.97. The summed E-state index contributed by atoms with van der Waals surface area (Å²) < 4.78 is 0. The van der Waals surface area contributed by atoms with Gasteiger partial charge in [-0.25, -0.2) is 0 Å². The van der Waals surface area contributed by atoms with Crippen LogP contribution in [0.3, 0.4) is 0 Å². The van der Waals surface area contributed by atoms with Crippen LogP contribution in [0.5, 0.6) is 0 Å².